The largest absolute Gasteiger partial charge is 0.469 e. The molecule has 0 atom stereocenters. The van der Waals surface area contributed by atoms with Crippen LogP contribution in [0.4, 0.5) is 0 Å². The molecular formula is C20H36B2N5O9P. The van der Waals surface area contributed by atoms with E-state index < -0.39 is 31.5 Å². The molecule has 0 aromatic heterocycles. The average Bonchev–Trinajstić information content (AvgIpc) is 2.82. The molecule has 0 unspecified atom stereocenters. The van der Waals surface area contributed by atoms with Gasteiger partial charge in [0.1, 0.15) is 0 Å². The Morgan fingerprint density at radius 2 is 1.22 bits per heavy atom. The molecule has 0 spiro atoms. The van der Waals surface area contributed by atoms with Crippen LogP contribution in [0.1, 0.15) is 32.6 Å². The second kappa shape index (κ2) is 19.7. The Labute approximate surface area is 219 Å². The number of amides is 5. The smallest absolute Gasteiger partial charge is 0.355 e. The zero-order valence-electron chi connectivity index (χ0n) is 21.1. The van der Waals surface area contributed by atoms with Crippen molar-refractivity contribution in [1.82, 2.24) is 25.8 Å². The van der Waals surface area contributed by atoms with Gasteiger partial charge in [0, 0.05) is 39.6 Å². The van der Waals surface area contributed by atoms with Crippen LogP contribution in [-0.2, 0) is 33.1 Å². The van der Waals surface area contributed by atoms with Crippen molar-refractivity contribution in [3.05, 3.63) is 0 Å². The maximum Gasteiger partial charge on any atom is 0.469 e. The van der Waals surface area contributed by atoms with Crippen LogP contribution < -0.4 is 16.0 Å². The highest BCUT2D eigenvalue weighted by Crippen LogP contribution is 2.35. The molecule has 5 amide bonds. The Hall–Kier alpha value is -2.41. The Morgan fingerprint density at radius 3 is 1.68 bits per heavy atom. The fourth-order valence-corrected chi connectivity index (χ4v) is 3.36. The van der Waals surface area contributed by atoms with Gasteiger partial charge in [0.25, 0.3) is 0 Å². The fourth-order valence-electron chi connectivity index (χ4n) is 2.99. The van der Waals surface area contributed by atoms with Crippen LogP contribution in [0.5, 0.6) is 0 Å². The summed E-state index contributed by atoms with van der Waals surface area (Å²) in [5.41, 5.74) is 0. The molecule has 5 N–H and O–H groups in total. The summed E-state index contributed by atoms with van der Waals surface area (Å²) in [6.45, 7) is 1.38. The topological polar surface area (TPSA) is 195 Å². The van der Waals surface area contributed by atoms with Gasteiger partial charge in [-0.05, 0) is 25.5 Å². The number of nitrogens with zero attached hydrogens (tertiary/aromatic N) is 2. The number of nitrogens with one attached hydrogen (secondary N) is 3. The third-order valence-corrected chi connectivity index (χ3v) is 5.35. The number of carbonyl (C=O) groups excluding carboxylic acids is 5. The summed E-state index contributed by atoms with van der Waals surface area (Å²) >= 11 is 0. The quantitative estimate of drug-likeness (QED) is 0.0647. The van der Waals surface area contributed by atoms with Crippen molar-refractivity contribution in [2.24, 2.45) is 0 Å². The van der Waals surface area contributed by atoms with E-state index in [1.807, 2.05) is 0 Å². The van der Waals surface area contributed by atoms with Crippen molar-refractivity contribution in [3.8, 4) is 0 Å². The van der Waals surface area contributed by atoms with Crippen LogP contribution in [-0.4, -0.2) is 117 Å². The molecule has 17 heteroatoms. The first-order valence-corrected chi connectivity index (χ1v) is 13.4. The van der Waals surface area contributed by atoms with Crippen molar-refractivity contribution in [2.45, 2.75) is 45.2 Å². The summed E-state index contributed by atoms with van der Waals surface area (Å²) in [6.07, 6.45) is 1.84. The van der Waals surface area contributed by atoms with Crippen molar-refractivity contribution in [3.63, 3.8) is 0 Å². The lowest BCUT2D eigenvalue weighted by molar-refractivity contribution is -0.135. The number of phosphoric acid groups is 1. The van der Waals surface area contributed by atoms with Crippen molar-refractivity contribution >= 4 is 53.1 Å². The Kier molecular flexibility index (Phi) is 18.4. The summed E-state index contributed by atoms with van der Waals surface area (Å²) in [5.74, 6) is -2.13. The molecule has 0 rings (SSSR count). The highest BCUT2D eigenvalue weighted by Gasteiger charge is 2.18. The first kappa shape index (κ1) is 34.6. The van der Waals surface area contributed by atoms with Crippen LogP contribution in [0, 0.1) is 0 Å². The minimum Gasteiger partial charge on any atom is -0.355 e. The molecule has 0 aliphatic carbocycles. The predicted octanol–water partition coefficient (Wildman–Crippen LogP) is -2.14. The minimum atomic E-state index is -4.45. The second-order valence-corrected chi connectivity index (χ2v) is 9.20. The average molecular weight is 543 g/mol. The van der Waals surface area contributed by atoms with E-state index in [-0.39, 0.29) is 64.4 Å². The molecule has 206 valence electrons. The first-order valence-electron chi connectivity index (χ1n) is 11.8. The van der Waals surface area contributed by atoms with Gasteiger partial charge in [0.15, 0.2) is 0 Å². The van der Waals surface area contributed by atoms with Gasteiger partial charge in [-0.2, -0.15) is 0 Å². The summed E-state index contributed by atoms with van der Waals surface area (Å²) in [5, 5.41) is 7.78. The van der Waals surface area contributed by atoms with E-state index in [0.29, 0.717) is 32.2 Å². The summed E-state index contributed by atoms with van der Waals surface area (Å²) in [6, 6.07) is 0. The number of hydrogen-bond donors (Lipinski definition) is 5. The van der Waals surface area contributed by atoms with Crippen molar-refractivity contribution in [1.29, 1.82) is 0 Å². The molecule has 0 bridgehead atoms. The van der Waals surface area contributed by atoms with Gasteiger partial charge in [0.2, 0.25) is 29.5 Å². The maximum atomic E-state index is 12.2. The lowest BCUT2D eigenvalue weighted by Crippen LogP contribution is -2.47. The molecule has 0 aliphatic heterocycles. The maximum absolute atomic E-state index is 12.2. The number of phosphoric ester groups is 1. The Morgan fingerprint density at radius 1 is 0.757 bits per heavy atom. The van der Waals surface area contributed by atoms with Gasteiger partial charge < -0.3 is 35.5 Å². The molecule has 0 heterocycles. The molecule has 0 aromatic carbocycles. The number of carbonyl (C=O) groups is 5. The predicted molar refractivity (Wildman–Crippen MR) is 135 cm³/mol. The van der Waals surface area contributed by atoms with Gasteiger partial charge in [-0.25, -0.2) is 4.57 Å². The third kappa shape index (κ3) is 19.4. The van der Waals surface area contributed by atoms with E-state index >= 15 is 0 Å². The first-order chi connectivity index (χ1) is 17.4. The zero-order valence-corrected chi connectivity index (χ0v) is 22.0. The number of rotatable bonds is 20. The molecule has 0 saturated carbocycles. The molecule has 37 heavy (non-hydrogen) atoms. The standard InChI is InChI=1S/C20H36B2N5O9P/c1-16(28)23-7-9-26(19(31)12-21)15-18(30)25-8-10-27(20(32)13-22)14-17(29)24-6-4-2-3-5-11-36-37(33,34)35/h2-15H2,1H3,(H,23,28)(H,24,29)(H,25,30)(H2,33,34,35). The van der Waals surface area contributed by atoms with E-state index in [9.17, 15) is 28.5 Å². The van der Waals surface area contributed by atoms with Crippen LogP contribution in [0.3, 0.4) is 0 Å². The van der Waals surface area contributed by atoms with Crippen LogP contribution in [0.25, 0.3) is 0 Å². The highest BCUT2D eigenvalue weighted by atomic mass is 31.2. The number of unbranched alkanes of at least 4 members (excludes halogenated alkanes) is 3. The van der Waals surface area contributed by atoms with Crippen LogP contribution in [0.15, 0.2) is 0 Å². The fraction of sp³-hybridized carbons (Fsp3) is 0.750. The lowest BCUT2D eigenvalue weighted by Gasteiger charge is -2.24. The molecular weight excluding hydrogens is 507 g/mol. The summed E-state index contributed by atoms with van der Waals surface area (Å²) in [4.78, 5) is 79.0. The monoisotopic (exact) mass is 543 g/mol. The SMILES string of the molecule is [B]CC(=O)N(CCNC(C)=O)CC(=O)NCCN(CC(=O)NCCCCCCOP(=O)(O)O)C(=O)C[B]. The van der Waals surface area contributed by atoms with Gasteiger partial charge in [-0.3, -0.25) is 28.5 Å². The molecule has 0 fully saturated rings. The van der Waals surface area contributed by atoms with Gasteiger partial charge >= 0.3 is 7.82 Å². The van der Waals surface area contributed by atoms with E-state index in [1.54, 1.807) is 0 Å². The van der Waals surface area contributed by atoms with Crippen molar-refractivity contribution < 1.29 is 42.8 Å². The van der Waals surface area contributed by atoms with E-state index in [1.165, 1.54) is 16.7 Å². The van der Waals surface area contributed by atoms with Crippen LogP contribution in [0.2, 0.25) is 12.6 Å². The van der Waals surface area contributed by atoms with Crippen LogP contribution >= 0.6 is 7.82 Å². The molecule has 0 saturated heterocycles. The van der Waals surface area contributed by atoms with E-state index in [0.717, 1.165) is 0 Å². The summed E-state index contributed by atoms with van der Waals surface area (Å²) in [7, 11) is 6.33. The normalized spacial score (nSPS) is 10.9. The third-order valence-electron chi connectivity index (χ3n) is 4.84. The van der Waals surface area contributed by atoms with Crippen molar-refractivity contribution in [2.75, 3.05) is 52.4 Å². The van der Waals surface area contributed by atoms with Gasteiger partial charge in [-0.1, -0.05) is 12.8 Å². The van der Waals surface area contributed by atoms with Gasteiger partial charge in [0.05, 0.1) is 35.4 Å². The van der Waals surface area contributed by atoms with Gasteiger partial charge in [-0.15, -0.1) is 0 Å². The second-order valence-electron chi connectivity index (χ2n) is 7.96. The highest BCUT2D eigenvalue weighted by molar-refractivity contribution is 7.46. The lowest BCUT2D eigenvalue weighted by atomic mass is 10.0. The minimum absolute atomic E-state index is 0.0187. The zero-order chi connectivity index (χ0) is 28.3. The summed E-state index contributed by atoms with van der Waals surface area (Å²) < 4.78 is 14.9. The molecule has 0 aliphatic rings. The Bertz CT molecular complexity index is 800. The molecule has 4 radical (unpaired) electrons. The Balaban J connectivity index is 4.39. The molecule has 14 nitrogen and oxygen atoms in total. The van der Waals surface area contributed by atoms with E-state index in [4.69, 9.17) is 25.5 Å². The number of hydrogen-bond acceptors (Lipinski definition) is 7. The molecule has 0 aromatic rings. The van der Waals surface area contributed by atoms with E-state index in [2.05, 4.69) is 20.5 Å².